The summed E-state index contributed by atoms with van der Waals surface area (Å²) in [6, 6.07) is 3.66. The van der Waals surface area contributed by atoms with Crippen molar-refractivity contribution in [2.75, 3.05) is 6.54 Å². The Kier molecular flexibility index (Phi) is 5.32. The SMILES string of the molecule is CC(C)(C)OC(=O)C1CCCN1C(=O)c1cc(Br)cc(C(=O)O)c1. The molecule has 1 fully saturated rings. The number of ether oxygens (including phenoxy) is 1. The molecular formula is C17H20BrNO5. The van der Waals surface area contributed by atoms with E-state index in [1.54, 1.807) is 26.8 Å². The van der Waals surface area contributed by atoms with Crippen LogP contribution in [-0.4, -0.2) is 46.0 Å². The van der Waals surface area contributed by atoms with Gasteiger partial charge < -0.3 is 14.7 Å². The van der Waals surface area contributed by atoms with Crippen LogP contribution in [0.15, 0.2) is 22.7 Å². The minimum Gasteiger partial charge on any atom is -0.478 e. The minimum atomic E-state index is -1.12. The number of benzene rings is 1. The van der Waals surface area contributed by atoms with E-state index in [9.17, 15) is 14.4 Å². The molecule has 1 unspecified atom stereocenters. The Balaban J connectivity index is 2.25. The molecular weight excluding hydrogens is 378 g/mol. The Morgan fingerprint density at radius 1 is 1.21 bits per heavy atom. The summed E-state index contributed by atoms with van der Waals surface area (Å²) < 4.78 is 5.89. The average Bonchev–Trinajstić information content (AvgIpc) is 2.93. The van der Waals surface area contributed by atoms with Gasteiger partial charge in [-0.1, -0.05) is 15.9 Å². The van der Waals surface area contributed by atoms with E-state index in [4.69, 9.17) is 9.84 Å². The standard InChI is InChI=1S/C17H20BrNO5/c1-17(2,3)24-16(23)13-5-4-6-19(13)14(20)10-7-11(15(21)22)9-12(18)8-10/h7-9,13H,4-6H2,1-3H3,(H,21,22). The molecule has 1 aromatic rings. The monoisotopic (exact) mass is 397 g/mol. The fourth-order valence-electron chi connectivity index (χ4n) is 2.63. The first-order valence-corrected chi connectivity index (χ1v) is 8.45. The summed E-state index contributed by atoms with van der Waals surface area (Å²) in [7, 11) is 0. The summed E-state index contributed by atoms with van der Waals surface area (Å²) in [6.07, 6.45) is 1.25. The summed E-state index contributed by atoms with van der Waals surface area (Å²) in [5.41, 5.74) is -0.376. The summed E-state index contributed by atoms with van der Waals surface area (Å²) in [4.78, 5) is 37.7. The Bertz CT molecular complexity index is 680. The molecule has 0 spiro atoms. The Morgan fingerprint density at radius 3 is 2.42 bits per heavy atom. The van der Waals surface area contributed by atoms with Crippen molar-refractivity contribution in [2.24, 2.45) is 0 Å². The van der Waals surface area contributed by atoms with Crippen LogP contribution in [-0.2, 0) is 9.53 Å². The predicted octanol–water partition coefficient (Wildman–Crippen LogP) is 3.09. The second kappa shape index (κ2) is 6.93. The van der Waals surface area contributed by atoms with E-state index in [0.717, 1.165) is 0 Å². The molecule has 0 aliphatic carbocycles. The van der Waals surface area contributed by atoms with E-state index < -0.39 is 23.6 Å². The third-order valence-electron chi connectivity index (χ3n) is 3.58. The second-order valence-electron chi connectivity index (χ2n) is 6.72. The lowest BCUT2D eigenvalue weighted by Crippen LogP contribution is -2.43. The smallest absolute Gasteiger partial charge is 0.335 e. The van der Waals surface area contributed by atoms with E-state index in [1.165, 1.54) is 17.0 Å². The number of halogens is 1. The number of carbonyl (C=O) groups is 3. The number of likely N-dealkylation sites (tertiary alicyclic amines) is 1. The maximum Gasteiger partial charge on any atom is 0.335 e. The Morgan fingerprint density at radius 2 is 1.83 bits per heavy atom. The van der Waals surface area contributed by atoms with Gasteiger partial charge in [0.2, 0.25) is 0 Å². The van der Waals surface area contributed by atoms with E-state index in [0.29, 0.717) is 23.9 Å². The van der Waals surface area contributed by atoms with Gasteiger partial charge in [-0.15, -0.1) is 0 Å². The number of nitrogens with zero attached hydrogens (tertiary/aromatic N) is 1. The third kappa shape index (κ3) is 4.35. The van der Waals surface area contributed by atoms with Gasteiger partial charge in [0.15, 0.2) is 0 Å². The van der Waals surface area contributed by atoms with Gasteiger partial charge in [-0.25, -0.2) is 9.59 Å². The van der Waals surface area contributed by atoms with Crippen LogP contribution in [0.2, 0.25) is 0 Å². The van der Waals surface area contributed by atoms with Crippen LogP contribution in [0.3, 0.4) is 0 Å². The first-order valence-electron chi connectivity index (χ1n) is 7.66. The lowest BCUT2D eigenvalue weighted by Gasteiger charge is -2.27. The molecule has 1 heterocycles. The zero-order chi connectivity index (χ0) is 18.1. The maximum absolute atomic E-state index is 12.8. The lowest BCUT2D eigenvalue weighted by atomic mass is 10.1. The predicted molar refractivity (Wildman–Crippen MR) is 91.0 cm³/mol. The number of rotatable bonds is 3. The topological polar surface area (TPSA) is 83.9 Å². The largest absolute Gasteiger partial charge is 0.478 e. The van der Waals surface area contributed by atoms with E-state index in [-0.39, 0.29) is 17.0 Å². The fourth-order valence-corrected chi connectivity index (χ4v) is 3.12. The zero-order valence-electron chi connectivity index (χ0n) is 13.8. The van der Waals surface area contributed by atoms with Crippen LogP contribution in [0.4, 0.5) is 0 Å². The molecule has 6 nitrogen and oxygen atoms in total. The molecule has 1 saturated heterocycles. The maximum atomic E-state index is 12.8. The molecule has 1 aromatic carbocycles. The molecule has 1 aliphatic rings. The Hall–Kier alpha value is -1.89. The number of carbonyl (C=O) groups excluding carboxylic acids is 2. The molecule has 1 aliphatic heterocycles. The van der Waals surface area contributed by atoms with Crippen LogP contribution in [0.5, 0.6) is 0 Å². The van der Waals surface area contributed by atoms with Gasteiger partial charge in [-0.05, 0) is 51.8 Å². The van der Waals surface area contributed by atoms with Gasteiger partial charge in [-0.3, -0.25) is 4.79 Å². The number of esters is 1. The average molecular weight is 398 g/mol. The van der Waals surface area contributed by atoms with Gasteiger partial charge >= 0.3 is 11.9 Å². The van der Waals surface area contributed by atoms with Crippen LogP contribution in [0.25, 0.3) is 0 Å². The molecule has 0 saturated carbocycles. The van der Waals surface area contributed by atoms with Crippen molar-refractivity contribution < 1.29 is 24.2 Å². The normalized spacial score (nSPS) is 17.7. The molecule has 130 valence electrons. The number of hydrogen-bond donors (Lipinski definition) is 1. The zero-order valence-corrected chi connectivity index (χ0v) is 15.4. The van der Waals surface area contributed by atoms with Gasteiger partial charge in [0.05, 0.1) is 5.56 Å². The van der Waals surface area contributed by atoms with Gasteiger partial charge in [-0.2, -0.15) is 0 Å². The summed E-state index contributed by atoms with van der Waals surface area (Å²) in [5, 5.41) is 9.13. The van der Waals surface area contributed by atoms with Crippen molar-refractivity contribution >= 4 is 33.8 Å². The number of amides is 1. The number of carboxylic acid groups (broad SMARTS) is 1. The van der Waals surface area contributed by atoms with E-state index in [2.05, 4.69) is 15.9 Å². The van der Waals surface area contributed by atoms with E-state index in [1.807, 2.05) is 0 Å². The quantitative estimate of drug-likeness (QED) is 0.792. The molecule has 0 radical (unpaired) electrons. The summed E-state index contributed by atoms with van der Waals surface area (Å²) in [5.74, 6) is -1.91. The van der Waals surface area contributed by atoms with E-state index >= 15 is 0 Å². The molecule has 0 bridgehead atoms. The number of aromatic carboxylic acids is 1. The van der Waals surface area contributed by atoms with Gasteiger partial charge in [0.1, 0.15) is 11.6 Å². The highest BCUT2D eigenvalue weighted by atomic mass is 79.9. The highest BCUT2D eigenvalue weighted by molar-refractivity contribution is 9.10. The molecule has 24 heavy (non-hydrogen) atoms. The highest BCUT2D eigenvalue weighted by Gasteiger charge is 2.37. The van der Waals surface area contributed by atoms with Crippen LogP contribution in [0.1, 0.15) is 54.3 Å². The van der Waals surface area contributed by atoms with Crippen molar-refractivity contribution in [3.63, 3.8) is 0 Å². The summed E-state index contributed by atoms with van der Waals surface area (Å²) >= 11 is 3.22. The molecule has 0 aromatic heterocycles. The van der Waals surface area contributed by atoms with Crippen molar-refractivity contribution in [3.05, 3.63) is 33.8 Å². The molecule has 1 atom stereocenters. The lowest BCUT2D eigenvalue weighted by molar-refractivity contribution is -0.159. The van der Waals surface area contributed by atoms with Crippen molar-refractivity contribution in [1.82, 2.24) is 4.90 Å². The molecule has 7 heteroatoms. The van der Waals surface area contributed by atoms with Gasteiger partial charge in [0.25, 0.3) is 5.91 Å². The third-order valence-corrected chi connectivity index (χ3v) is 4.04. The fraction of sp³-hybridized carbons (Fsp3) is 0.471. The highest BCUT2D eigenvalue weighted by Crippen LogP contribution is 2.25. The van der Waals surface area contributed by atoms with Crippen molar-refractivity contribution in [2.45, 2.75) is 45.3 Å². The van der Waals surface area contributed by atoms with Crippen LogP contribution >= 0.6 is 15.9 Å². The van der Waals surface area contributed by atoms with Crippen molar-refractivity contribution in [1.29, 1.82) is 0 Å². The number of carboxylic acids is 1. The first-order chi connectivity index (χ1) is 11.1. The number of hydrogen-bond acceptors (Lipinski definition) is 4. The van der Waals surface area contributed by atoms with Crippen LogP contribution in [0, 0.1) is 0 Å². The molecule has 1 N–H and O–H groups in total. The van der Waals surface area contributed by atoms with Gasteiger partial charge in [0, 0.05) is 16.6 Å². The van der Waals surface area contributed by atoms with Crippen molar-refractivity contribution in [3.8, 4) is 0 Å². The van der Waals surface area contributed by atoms with Crippen LogP contribution < -0.4 is 0 Å². The Labute approximate surface area is 148 Å². The minimum absolute atomic E-state index is 0.0146. The molecule has 2 rings (SSSR count). The summed E-state index contributed by atoms with van der Waals surface area (Å²) in [6.45, 7) is 5.77. The second-order valence-corrected chi connectivity index (χ2v) is 7.64. The molecule has 1 amide bonds. The first kappa shape index (κ1) is 18.4.